The van der Waals surface area contributed by atoms with Crippen molar-refractivity contribution in [2.24, 2.45) is 0 Å². The topological polar surface area (TPSA) is 12.5 Å². The highest BCUT2D eigenvalue weighted by Gasteiger charge is 2.04. The van der Waals surface area contributed by atoms with Crippen LogP contribution in [-0.2, 0) is 0 Å². The quantitative estimate of drug-likeness (QED) is 0.496. The van der Waals surface area contributed by atoms with Crippen molar-refractivity contribution in [1.29, 1.82) is 0 Å². The van der Waals surface area contributed by atoms with Crippen molar-refractivity contribution in [2.45, 2.75) is 38.5 Å². The molecule has 0 aliphatic rings. The Morgan fingerprint density at radius 2 is 1.33 bits per heavy atom. The van der Waals surface area contributed by atoms with Crippen molar-refractivity contribution < 1.29 is 4.74 Å². The van der Waals surface area contributed by atoms with Crippen LogP contribution >= 0.6 is 0 Å². The van der Waals surface area contributed by atoms with E-state index in [1.807, 2.05) is 12.1 Å². The minimum absolute atomic E-state index is 0.807. The number of nitrogens with zero attached hydrogens (tertiary/aromatic N) is 1. The van der Waals surface area contributed by atoms with Crippen molar-refractivity contribution in [1.82, 2.24) is 4.90 Å². The average molecular weight is 325 g/mol. The molecule has 0 aromatic heterocycles. The molecule has 2 aromatic rings. The summed E-state index contributed by atoms with van der Waals surface area (Å²) in [7, 11) is 4.29. The Morgan fingerprint density at radius 3 is 2.08 bits per heavy atom. The van der Waals surface area contributed by atoms with Crippen molar-refractivity contribution >= 4 is 0 Å². The number of rotatable bonds is 11. The van der Waals surface area contributed by atoms with E-state index in [4.69, 9.17) is 4.74 Å². The summed E-state index contributed by atoms with van der Waals surface area (Å²) in [6.07, 6.45) is 7.71. The molecule has 0 heterocycles. The van der Waals surface area contributed by atoms with Gasteiger partial charge in [0.05, 0.1) is 6.61 Å². The van der Waals surface area contributed by atoms with Crippen molar-refractivity contribution in [3.8, 4) is 16.9 Å². The van der Waals surface area contributed by atoms with E-state index < -0.39 is 0 Å². The van der Waals surface area contributed by atoms with Gasteiger partial charge in [-0.25, -0.2) is 0 Å². The number of ether oxygens (including phenoxy) is 1. The predicted octanol–water partition coefficient (Wildman–Crippen LogP) is 5.63. The summed E-state index contributed by atoms with van der Waals surface area (Å²) < 4.78 is 6.04. The summed E-state index contributed by atoms with van der Waals surface area (Å²) in [4.78, 5) is 2.26. The SMILES string of the molecule is CN(C)CCCCCCCCOc1ccccc1-c1ccccc1. The Morgan fingerprint density at radius 1 is 0.708 bits per heavy atom. The van der Waals surface area contributed by atoms with Crippen LogP contribution in [0.5, 0.6) is 5.75 Å². The van der Waals surface area contributed by atoms with Crippen LogP contribution in [0.25, 0.3) is 11.1 Å². The van der Waals surface area contributed by atoms with Crippen LogP contribution in [0.15, 0.2) is 54.6 Å². The molecule has 0 saturated carbocycles. The molecule has 0 unspecified atom stereocenters. The summed E-state index contributed by atoms with van der Waals surface area (Å²) in [5, 5.41) is 0. The lowest BCUT2D eigenvalue weighted by atomic mass is 10.0. The third kappa shape index (κ3) is 6.76. The molecule has 0 amide bonds. The molecule has 0 aliphatic heterocycles. The van der Waals surface area contributed by atoms with Crippen molar-refractivity contribution in [3.05, 3.63) is 54.6 Å². The van der Waals surface area contributed by atoms with Gasteiger partial charge >= 0.3 is 0 Å². The summed E-state index contributed by atoms with van der Waals surface area (Å²) in [6, 6.07) is 18.8. The van der Waals surface area contributed by atoms with Crippen LogP contribution < -0.4 is 4.74 Å². The van der Waals surface area contributed by atoms with Crippen LogP contribution in [0.4, 0.5) is 0 Å². The van der Waals surface area contributed by atoms with Gasteiger partial charge in [-0.2, -0.15) is 0 Å². The second-order valence-corrected chi connectivity index (χ2v) is 6.64. The van der Waals surface area contributed by atoms with Crippen LogP contribution in [0, 0.1) is 0 Å². The molecule has 0 atom stereocenters. The molecule has 0 spiro atoms. The molecule has 2 rings (SSSR count). The molecule has 0 radical (unpaired) electrons. The number of hydrogen-bond donors (Lipinski definition) is 0. The minimum Gasteiger partial charge on any atom is -0.493 e. The fourth-order valence-corrected chi connectivity index (χ4v) is 2.87. The Hall–Kier alpha value is -1.80. The van der Waals surface area contributed by atoms with E-state index in [9.17, 15) is 0 Å². The van der Waals surface area contributed by atoms with E-state index in [0.29, 0.717) is 0 Å². The summed E-state index contributed by atoms with van der Waals surface area (Å²) in [6.45, 7) is 2.01. The van der Waals surface area contributed by atoms with Gasteiger partial charge in [-0.1, -0.05) is 74.2 Å². The Kier molecular flexibility index (Phi) is 8.40. The highest BCUT2D eigenvalue weighted by atomic mass is 16.5. The number of unbranched alkanes of at least 4 members (excludes halogenated alkanes) is 5. The first-order valence-corrected chi connectivity index (χ1v) is 9.19. The summed E-state index contributed by atoms with van der Waals surface area (Å²) in [5.41, 5.74) is 2.40. The molecule has 2 nitrogen and oxygen atoms in total. The van der Waals surface area contributed by atoms with Gasteiger partial charge in [-0.15, -0.1) is 0 Å². The first-order valence-electron chi connectivity index (χ1n) is 9.19. The summed E-state index contributed by atoms with van der Waals surface area (Å²) >= 11 is 0. The molecule has 0 bridgehead atoms. The molecule has 0 aliphatic carbocycles. The van der Waals surface area contributed by atoms with Crippen molar-refractivity contribution in [3.63, 3.8) is 0 Å². The highest BCUT2D eigenvalue weighted by molar-refractivity contribution is 5.70. The van der Waals surface area contributed by atoms with E-state index in [0.717, 1.165) is 18.8 Å². The molecule has 2 heteroatoms. The molecule has 2 aromatic carbocycles. The van der Waals surface area contributed by atoms with Gasteiger partial charge in [0.15, 0.2) is 0 Å². The van der Waals surface area contributed by atoms with Gasteiger partial charge in [0.1, 0.15) is 5.75 Å². The Labute approximate surface area is 147 Å². The molecular formula is C22H31NO. The van der Waals surface area contributed by atoms with Gasteiger partial charge in [-0.05, 0) is 45.1 Å². The fraction of sp³-hybridized carbons (Fsp3) is 0.455. The maximum Gasteiger partial charge on any atom is 0.127 e. The number of benzene rings is 2. The molecule has 0 saturated heterocycles. The van der Waals surface area contributed by atoms with Crippen LogP contribution in [0.1, 0.15) is 38.5 Å². The van der Waals surface area contributed by atoms with Gasteiger partial charge in [0.2, 0.25) is 0 Å². The Bertz CT molecular complexity index is 565. The third-order valence-corrected chi connectivity index (χ3v) is 4.23. The van der Waals surface area contributed by atoms with Crippen LogP contribution in [0.3, 0.4) is 0 Å². The lowest BCUT2D eigenvalue weighted by Gasteiger charge is -2.12. The van der Waals surface area contributed by atoms with Crippen LogP contribution in [0.2, 0.25) is 0 Å². The molecule has 130 valence electrons. The van der Waals surface area contributed by atoms with Gasteiger partial charge in [-0.3, -0.25) is 0 Å². The second kappa shape index (κ2) is 10.9. The molecule has 0 fully saturated rings. The summed E-state index contributed by atoms with van der Waals surface area (Å²) in [5.74, 6) is 0.995. The zero-order chi connectivity index (χ0) is 17.0. The maximum atomic E-state index is 6.04. The fourth-order valence-electron chi connectivity index (χ4n) is 2.87. The molecule has 24 heavy (non-hydrogen) atoms. The molecular weight excluding hydrogens is 294 g/mol. The van der Waals surface area contributed by atoms with Crippen molar-refractivity contribution in [2.75, 3.05) is 27.2 Å². The number of para-hydroxylation sites is 1. The lowest BCUT2D eigenvalue weighted by Crippen LogP contribution is -2.12. The van der Waals surface area contributed by atoms with E-state index in [1.165, 1.54) is 49.8 Å². The largest absolute Gasteiger partial charge is 0.493 e. The predicted molar refractivity (Wildman–Crippen MR) is 104 cm³/mol. The zero-order valence-corrected chi connectivity index (χ0v) is 15.2. The van der Waals surface area contributed by atoms with Gasteiger partial charge in [0.25, 0.3) is 0 Å². The zero-order valence-electron chi connectivity index (χ0n) is 15.2. The second-order valence-electron chi connectivity index (χ2n) is 6.64. The Balaban J connectivity index is 1.67. The maximum absolute atomic E-state index is 6.04. The monoisotopic (exact) mass is 325 g/mol. The first-order chi connectivity index (χ1) is 11.8. The van der Waals surface area contributed by atoms with E-state index in [2.05, 4.69) is 61.5 Å². The van der Waals surface area contributed by atoms with Gasteiger partial charge < -0.3 is 9.64 Å². The third-order valence-electron chi connectivity index (χ3n) is 4.23. The lowest BCUT2D eigenvalue weighted by molar-refractivity contribution is 0.305. The smallest absolute Gasteiger partial charge is 0.127 e. The van der Waals surface area contributed by atoms with Crippen LogP contribution in [-0.4, -0.2) is 32.1 Å². The standard InChI is InChI=1S/C22H31NO/c1-23(2)18-12-5-3-4-6-13-19-24-22-17-11-10-16-21(22)20-14-8-7-9-15-20/h7-11,14-17H,3-6,12-13,18-19H2,1-2H3. The minimum atomic E-state index is 0.807. The average Bonchev–Trinajstić information content (AvgIpc) is 2.61. The van der Waals surface area contributed by atoms with E-state index in [-0.39, 0.29) is 0 Å². The normalized spacial score (nSPS) is 11.0. The first kappa shape index (κ1) is 18.5. The van der Waals surface area contributed by atoms with E-state index in [1.54, 1.807) is 0 Å². The number of hydrogen-bond acceptors (Lipinski definition) is 2. The molecule has 0 N–H and O–H groups in total. The highest BCUT2D eigenvalue weighted by Crippen LogP contribution is 2.29. The van der Waals surface area contributed by atoms with E-state index >= 15 is 0 Å². The van der Waals surface area contributed by atoms with Gasteiger partial charge in [0, 0.05) is 5.56 Å².